The maximum absolute atomic E-state index is 5.29. The third kappa shape index (κ3) is 2.95. The molecule has 0 N–H and O–H groups in total. The van der Waals surface area contributed by atoms with Crippen LogP contribution < -0.4 is 0 Å². The normalized spacial score (nSPS) is 21.3. The van der Waals surface area contributed by atoms with Crippen molar-refractivity contribution >= 4 is 0 Å². The molecule has 2 nitrogen and oxygen atoms in total. The molecule has 1 aliphatic rings. The van der Waals surface area contributed by atoms with Gasteiger partial charge in [0.1, 0.15) is 0 Å². The van der Waals surface area contributed by atoms with Crippen molar-refractivity contribution in [3.8, 4) is 0 Å². The van der Waals surface area contributed by atoms with Gasteiger partial charge in [0.15, 0.2) is 0 Å². The average molecular weight is 169 g/mol. The smallest absolute Gasteiger partial charge is 0.0594 e. The van der Waals surface area contributed by atoms with Crippen LogP contribution in [0.15, 0.2) is 11.6 Å². The first-order chi connectivity index (χ1) is 5.86. The lowest BCUT2D eigenvalue weighted by Gasteiger charge is -2.27. The molecule has 0 unspecified atom stereocenters. The highest BCUT2D eigenvalue weighted by atomic mass is 16.5. The second-order valence-corrected chi connectivity index (χ2v) is 3.19. The molecule has 0 atom stereocenters. The summed E-state index contributed by atoms with van der Waals surface area (Å²) in [5.74, 6) is 0. The Bertz CT molecular complexity index is 148. The van der Waals surface area contributed by atoms with E-state index in [4.69, 9.17) is 4.74 Å². The summed E-state index contributed by atoms with van der Waals surface area (Å²) in [6.07, 6.45) is 3.41. The molecule has 1 fully saturated rings. The Morgan fingerprint density at radius 3 is 2.58 bits per heavy atom. The number of hydrogen-bond donors (Lipinski definition) is 0. The predicted molar refractivity (Wildman–Crippen MR) is 51.3 cm³/mol. The van der Waals surface area contributed by atoms with Crippen LogP contribution in [0.4, 0.5) is 0 Å². The second kappa shape index (κ2) is 5.33. The van der Waals surface area contributed by atoms with Crippen molar-refractivity contribution in [2.24, 2.45) is 0 Å². The van der Waals surface area contributed by atoms with Crippen molar-refractivity contribution in [2.75, 3.05) is 32.8 Å². The molecular weight excluding hydrogens is 150 g/mol. The number of nitrogens with zero attached hydrogens (tertiary/aromatic N) is 1. The zero-order valence-corrected chi connectivity index (χ0v) is 8.18. The van der Waals surface area contributed by atoms with Crippen molar-refractivity contribution in [2.45, 2.75) is 20.3 Å². The number of hydrogen-bond acceptors (Lipinski definition) is 2. The van der Waals surface area contributed by atoms with Crippen LogP contribution in [0.2, 0.25) is 0 Å². The molecule has 0 saturated carbocycles. The molecule has 0 aromatic carbocycles. The molecule has 0 aromatic rings. The molecular formula is C10H19NO. The van der Waals surface area contributed by atoms with Gasteiger partial charge in [-0.05, 0) is 13.3 Å². The fourth-order valence-corrected chi connectivity index (χ4v) is 1.45. The number of ether oxygens (including phenoxy) is 1. The van der Waals surface area contributed by atoms with Gasteiger partial charge in [0.25, 0.3) is 0 Å². The Hall–Kier alpha value is -0.340. The van der Waals surface area contributed by atoms with Crippen molar-refractivity contribution in [3.63, 3.8) is 0 Å². The Labute approximate surface area is 75.2 Å². The Kier molecular flexibility index (Phi) is 4.33. The number of allylic oxidation sites excluding steroid dienone is 1. The van der Waals surface area contributed by atoms with Crippen LogP contribution in [0.1, 0.15) is 20.3 Å². The Balaban J connectivity index is 2.28. The number of rotatable bonds is 3. The van der Waals surface area contributed by atoms with Crippen LogP contribution >= 0.6 is 0 Å². The number of morpholine rings is 1. The van der Waals surface area contributed by atoms with Crippen molar-refractivity contribution < 1.29 is 4.74 Å². The molecule has 0 spiro atoms. The molecule has 2 heteroatoms. The third-order valence-electron chi connectivity index (χ3n) is 2.39. The average Bonchev–Trinajstić information content (AvgIpc) is 2.16. The van der Waals surface area contributed by atoms with Crippen molar-refractivity contribution in [1.82, 2.24) is 4.90 Å². The highest BCUT2D eigenvalue weighted by molar-refractivity contribution is 5.02. The van der Waals surface area contributed by atoms with E-state index >= 15 is 0 Å². The van der Waals surface area contributed by atoms with Gasteiger partial charge in [-0.2, -0.15) is 0 Å². The van der Waals surface area contributed by atoms with E-state index in [1.54, 1.807) is 0 Å². The lowest BCUT2D eigenvalue weighted by Crippen LogP contribution is -2.37. The molecule has 1 saturated heterocycles. The van der Waals surface area contributed by atoms with Gasteiger partial charge < -0.3 is 4.74 Å². The summed E-state index contributed by atoms with van der Waals surface area (Å²) in [4.78, 5) is 2.46. The standard InChI is InChI=1S/C10H19NO/c1-3-10(4-2)9-11-5-7-12-8-6-11/h3H,4-9H2,1-2H3/b10-3-. The van der Waals surface area contributed by atoms with E-state index in [1.807, 2.05) is 0 Å². The second-order valence-electron chi connectivity index (χ2n) is 3.19. The minimum atomic E-state index is 0.903. The van der Waals surface area contributed by atoms with E-state index in [0.717, 1.165) is 32.8 Å². The van der Waals surface area contributed by atoms with Gasteiger partial charge in [-0.25, -0.2) is 0 Å². The van der Waals surface area contributed by atoms with Gasteiger partial charge in [-0.1, -0.05) is 18.6 Å². The van der Waals surface area contributed by atoms with E-state index in [-0.39, 0.29) is 0 Å². The van der Waals surface area contributed by atoms with Gasteiger partial charge in [0.2, 0.25) is 0 Å². The summed E-state index contributed by atoms with van der Waals surface area (Å²) < 4.78 is 5.29. The van der Waals surface area contributed by atoms with E-state index in [0.29, 0.717) is 0 Å². The van der Waals surface area contributed by atoms with Gasteiger partial charge in [0.05, 0.1) is 13.2 Å². The van der Waals surface area contributed by atoms with E-state index in [2.05, 4.69) is 24.8 Å². The van der Waals surface area contributed by atoms with Crippen LogP contribution in [-0.2, 0) is 4.74 Å². The predicted octanol–water partition coefficient (Wildman–Crippen LogP) is 1.67. The zero-order chi connectivity index (χ0) is 8.81. The topological polar surface area (TPSA) is 12.5 Å². The summed E-state index contributed by atoms with van der Waals surface area (Å²) in [6.45, 7) is 9.47. The maximum atomic E-state index is 5.29. The fourth-order valence-electron chi connectivity index (χ4n) is 1.45. The molecule has 0 amide bonds. The zero-order valence-electron chi connectivity index (χ0n) is 8.18. The monoisotopic (exact) mass is 169 g/mol. The van der Waals surface area contributed by atoms with Crippen LogP contribution in [-0.4, -0.2) is 37.7 Å². The largest absolute Gasteiger partial charge is 0.379 e. The van der Waals surface area contributed by atoms with Crippen molar-refractivity contribution in [1.29, 1.82) is 0 Å². The molecule has 0 radical (unpaired) electrons. The van der Waals surface area contributed by atoms with Crippen molar-refractivity contribution in [3.05, 3.63) is 11.6 Å². The third-order valence-corrected chi connectivity index (χ3v) is 2.39. The minimum absolute atomic E-state index is 0.903. The van der Waals surface area contributed by atoms with E-state index < -0.39 is 0 Å². The van der Waals surface area contributed by atoms with Gasteiger partial charge >= 0.3 is 0 Å². The molecule has 1 heterocycles. The van der Waals surface area contributed by atoms with E-state index in [9.17, 15) is 0 Å². The quantitative estimate of drug-likeness (QED) is 0.596. The molecule has 0 bridgehead atoms. The Morgan fingerprint density at radius 2 is 2.08 bits per heavy atom. The SMILES string of the molecule is C/C=C(/CC)CN1CCOCC1. The first-order valence-electron chi connectivity index (χ1n) is 4.81. The summed E-state index contributed by atoms with van der Waals surface area (Å²) >= 11 is 0. The van der Waals surface area contributed by atoms with Gasteiger partial charge in [0, 0.05) is 19.6 Å². The van der Waals surface area contributed by atoms with Crippen LogP contribution in [0.5, 0.6) is 0 Å². The molecule has 1 aliphatic heterocycles. The first kappa shape index (κ1) is 9.75. The lowest BCUT2D eigenvalue weighted by molar-refractivity contribution is 0.0420. The van der Waals surface area contributed by atoms with Crippen LogP contribution in [0, 0.1) is 0 Å². The summed E-state index contributed by atoms with van der Waals surface area (Å²) in [7, 11) is 0. The first-order valence-corrected chi connectivity index (χ1v) is 4.81. The van der Waals surface area contributed by atoms with E-state index in [1.165, 1.54) is 12.0 Å². The molecule has 12 heavy (non-hydrogen) atoms. The molecule has 0 aliphatic carbocycles. The maximum Gasteiger partial charge on any atom is 0.0594 e. The Morgan fingerprint density at radius 1 is 1.42 bits per heavy atom. The highest BCUT2D eigenvalue weighted by Crippen LogP contribution is 2.05. The highest BCUT2D eigenvalue weighted by Gasteiger charge is 2.10. The minimum Gasteiger partial charge on any atom is -0.379 e. The molecule has 70 valence electrons. The summed E-state index contributed by atoms with van der Waals surface area (Å²) in [5.41, 5.74) is 1.54. The van der Waals surface area contributed by atoms with Crippen LogP contribution in [0.25, 0.3) is 0 Å². The van der Waals surface area contributed by atoms with Gasteiger partial charge in [-0.3, -0.25) is 4.90 Å². The molecule has 0 aromatic heterocycles. The van der Waals surface area contributed by atoms with Gasteiger partial charge in [-0.15, -0.1) is 0 Å². The summed E-state index contributed by atoms with van der Waals surface area (Å²) in [6, 6.07) is 0. The van der Waals surface area contributed by atoms with Crippen LogP contribution in [0.3, 0.4) is 0 Å². The fraction of sp³-hybridized carbons (Fsp3) is 0.800. The lowest BCUT2D eigenvalue weighted by atomic mass is 10.2. The molecule has 1 rings (SSSR count). The summed E-state index contributed by atoms with van der Waals surface area (Å²) in [5, 5.41) is 0.